The van der Waals surface area contributed by atoms with Crippen LogP contribution in [0.2, 0.25) is 0 Å². The molecule has 40 heavy (non-hydrogen) atoms. The standard InChI is InChI=1S/C12H16O2.C11H14N2.C11H14O2/c1-12(2,3)9-4-5-10-11(8-9)14-7-6-13-10;1-11(2,3)9-8-12-13-7-5-4-6-10(9)13;1-11(2,3)8-4-5-9-10(6-8)13-7-12-9/h4-5,8H,6-7H2,1-3H3;4-8H,1-3H3;4-6H,7H2,1-3H3. The maximum absolute atomic E-state index is 5.53. The second-order valence-corrected chi connectivity index (χ2v) is 13.3. The van der Waals surface area contributed by atoms with Gasteiger partial charge in [0.05, 0.1) is 11.7 Å². The summed E-state index contributed by atoms with van der Waals surface area (Å²) >= 11 is 0. The molecule has 214 valence electrons. The molecule has 0 radical (unpaired) electrons. The van der Waals surface area contributed by atoms with Crippen molar-refractivity contribution in [1.29, 1.82) is 0 Å². The van der Waals surface area contributed by atoms with Crippen molar-refractivity contribution in [2.75, 3.05) is 20.0 Å². The summed E-state index contributed by atoms with van der Waals surface area (Å²) in [5.41, 5.74) is 5.56. The van der Waals surface area contributed by atoms with Crippen molar-refractivity contribution in [3.63, 3.8) is 0 Å². The van der Waals surface area contributed by atoms with Crippen LogP contribution in [0, 0.1) is 0 Å². The summed E-state index contributed by atoms with van der Waals surface area (Å²) in [6, 6.07) is 18.4. The summed E-state index contributed by atoms with van der Waals surface area (Å²) in [4.78, 5) is 0. The molecule has 0 saturated carbocycles. The SMILES string of the molecule is CC(C)(C)c1ccc2c(c1)OCCO2.CC(C)(C)c1ccc2c(c1)OCO2.CC(C)(C)c1cnn2ccccc12. The number of hydrogen-bond donors (Lipinski definition) is 0. The molecule has 2 aliphatic rings. The van der Waals surface area contributed by atoms with Crippen molar-refractivity contribution in [3.05, 3.63) is 83.7 Å². The maximum Gasteiger partial charge on any atom is 0.231 e. The van der Waals surface area contributed by atoms with Crippen molar-refractivity contribution in [2.45, 2.75) is 78.6 Å². The molecule has 4 aromatic rings. The van der Waals surface area contributed by atoms with Crippen LogP contribution in [0.25, 0.3) is 5.52 Å². The van der Waals surface area contributed by atoms with Crippen LogP contribution in [0.4, 0.5) is 0 Å². The molecule has 0 N–H and O–H groups in total. The van der Waals surface area contributed by atoms with Crippen LogP contribution < -0.4 is 18.9 Å². The van der Waals surface area contributed by atoms with Gasteiger partial charge in [0, 0.05) is 11.8 Å². The lowest BCUT2D eigenvalue weighted by molar-refractivity contribution is 0.171. The molecule has 6 heteroatoms. The van der Waals surface area contributed by atoms with E-state index in [1.807, 2.05) is 41.2 Å². The van der Waals surface area contributed by atoms with Gasteiger partial charge in [-0.1, -0.05) is 80.5 Å². The highest BCUT2D eigenvalue weighted by Gasteiger charge is 2.20. The highest BCUT2D eigenvalue weighted by Crippen LogP contribution is 2.36. The fraction of sp³-hybridized carbons (Fsp3) is 0.441. The molecule has 0 aliphatic carbocycles. The average Bonchev–Trinajstić information content (AvgIpc) is 3.55. The molecule has 0 amide bonds. The predicted molar refractivity (Wildman–Crippen MR) is 161 cm³/mol. The highest BCUT2D eigenvalue weighted by molar-refractivity contribution is 5.56. The first-order chi connectivity index (χ1) is 18.7. The second-order valence-electron chi connectivity index (χ2n) is 13.3. The van der Waals surface area contributed by atoms with Crippen molar-refractivity contribution in [2.24, 2.45) is 0 Å². The van der Waals surface area contributed by atoms with E-state index < -0.39 is 0 Å². The lowest BCUT2D eigenvalue weighted by Gasteiger charge is -2.23. The van der Waals surface area contributed by atoms with E-state index in [0.717, 1.165) is 23.0 Å². The molecule has 0 atom stereocenters. The summed E-state index contributed by atoms with van der Waals surface area (Å²) in [7, 11) is 0. The van der Waals surface area contributed by atoms with Crippen LogP contribution in [0.5, 0.6) is 23.0 Å². The number of hydrogen-bond acceptors (Lipinski definition) is 5. The molecule has 2 aromatic heterocycles. The number of nitrogens with zero attached hydrogens (tertiary/aromatic N) is 2. The molecule has 6 nitrogen and oxygen atoms in total. The number of ether oxygens (including phenoxy) is 4. The first kappa shape index (κ1) is 29.3. The normalized spacial score (nSPS) is 14.1. The molecular weight excluding hydrogens is 500 g/mol. The first-order valence-electron chi connectivity index (χ1n) is 14.0. The third kappa shape index (κ3) is 7.09. The molecule has 0 unspecified atom stereocenters. The van der Waals surface area contributed by atoms with Crippen LogP contribution >= 0.6 is 0 Å². The average molecular weight is 545 g/mol. The Morgan fingerprint density at radius 3 is 1.70 bits per heavy atom. The zero-order valence-corrected chi connectivity index (χ0v) is 25.5. The third-order valence-corrected chi connectivity index (χ3v) is 6.88. The van der Waals surface area contributed by atoms with Crippen LogP contribution in [0.15, 0.2) is 67.0 Å². The fourth-order valence-corrected chi connectivity index (χ4v) is 4.39. The fourth-order valence-electron chi connectivity index (χ4n) is 4.39. The van der Waals surface area contributed by atoms with Gasteiger partial charge in [-0.05, 0) is 63.8 Å². The molecule has 0 bridgehead atoms. The number of fused-ring (bicyclic) bond motifs is 3. The maximum atomic E-state index is 5.53. The summed E-state index contributed by atoms with van der Waals surface area (Å²) in [5, 5.41) is 4.30. The minimum Gasteiger partial charge on any atom is -0.486 e. The van der Waals surface area contributed by atoms with Gasteiger partial charge in [-0.15, -0.1) is 0 Å². The molecule has 6 rings (SSSR count). The van der Waals surface area contributed by atoms with Crippen molar-refractivity contribution >= 4 is 5.52 Å². The van der Waals surface area contributed by atoms with Gasteiger partial charge in [-0.25, -0.2) is 4.52 Å². The third-order valence-electron chi connectivity index (χ3n) is 6.88. The summed E-state index contributed by atoms with van der Waals surface area (Å²) in [6.45, 7) is 21.4. The van der Waals surface area contributed by atoms with E-state index in [0.29, 0.717) is 20.0 Å². The summed E-state index contributed by atoms with van der Waals surface area (Å²) in [5.74, 6) is 3.47. The molecule has 0 fully saturated rings. The Morgan fingerprint density at radius 2 is 1.12 bits per heavy atom. The smallest absolute Gasteiger partial charge is 0.231 e. The van der Waals surface area contributed by atoms with E-state index in [1.165, 1.54) is 22.2 Å². The van der Waals surface area contributed by atoms with E-state index in [2.05, 4.69) is 97.7 Å². The van der Waals surface area contributed by atoms with Crippen LogP contribution in [-0.2, 0) is 16.2 Å². The Morgan fingerprint density at radius 1 is 0.600 bits per heavy atom. The van der Waals surface area contributed by atoms with Crippen LogP contribution in [0.3, 0.4) is 0 Å². The number of aromatic nitrogens is 2. The molecular formula is C34H44N2O4. The van der Waals surface area contributed by atoms with E-state index >= 15 is 0 Å². The summed E-state index contributed by atoms with van der Waals surface area (Å²) < 4.78 is 23.5. The Balaban J connectivity index is 0.000000139. The lowest BCUT2D eigenvalue weighted by Crippen LogP contribution is -2.17. The van der Waals surface area contributed by atoms with Gasteiger partial charge >= 0.3 is 0 Å². The van der Waals surface area contributed by atoms with Gasteiger partial charge in [-0.3, -0.25) is 0 Å². The Hall–Kier alpha value is -3.67. The molecule has 0 spiro atoms. The van der Waals surface area contributed by atoms with Crippen LogP contribution in [-0.4, -0.2) is 29.6 Å². The Labute approximate surface area is 239 Å². The van der Waals surface area contributed by atoms with E-state index in [4.69, 9.17) is 18.9 Å². The van der Waals surface area contributed by atoms with E-state index in [1.54, 1.807) is 0 Å². The topological polar surface area (TPSA) is 54.2 Å². The molecule has 2 aromatic carbocycles. The van der Waals surface area contributed by atoms with Gasteiger partial charge in [0.15, 0.2) is 23.0 Å². The van der Waals surface area contributed by atoms with Gasteiger partial charge in [0.25, 0.3) is 0 Å². The highest BCUT2D eigenvalue weighted by atomic mass is 16.7. The Kier molecular flexibility index (Phi) is 8.38. The predicted octanol–water partition coefficient (Wildman–Crippen LogP) is 8.10. The van der Waals surface area contributed by atoms with E-state index in [-0.39, 0.29) is 16.2 Å². The first-order valence-corrected chi connectivity index (χ1v) is 14.0. The second kappa shape index (κ2) is 11.4. The molecule has 4 heterocycles. The van der Waals surface area contributed by atoms with Crippen molar-refractivity contribution in [1.82, 2.24) is 9.61 Å². The van der Waals surface area contributed by atoms with Crippen LogP contribution in [0.1, 0.15) is 79.0 Å². The van der Waals surface area contributed by atoms with Gasteiger partial charge < -0.3 is 18.9 Å². The Bertz CT molecular complexity index is 1440. The quantitative estimate of drug-likeness (QED) is 0.224. The monoisotopic (exact) mass is 544 g/mol. The van der Waals surface area contributed by atoms with E-state index in [9.17, 15) is 0 Å². The zero-order valence-electron chi connectivity index (χ0n) is 25.5. The number of benzene rings is 2. The molecule has 0 saturated heterocycles. The largest absolute Gasteiger partial charge is 0.486 e. The number of pyridine rings is 1. The van der Waals surface area contributed by atoms with Crippen molar-refractivity contribution in [3.8, 4) is 23.0 Å². The zero-order chi connectivity index (χ0) is 29.1. The van der Waals surface area contributed by atoms with Gasteiger partial charge in [-0.2, -0.15) is 5.10 Å². The summed E-state index contributed by atoms with van der Waals surface area (Å²) in [6.07, 6.45) is 3.93. The van der Waals surface area contributed by atoms with Gasteiger partial charge in [0.1, 0.15) is 13.2 Å². The minimum atomic E-state index is 0.163. The lowest BCUT2D eigenvalue weighted by atomic mass is 9.87. The molecule has 2 aliphatic heterocycles. The minimum absolute atomic E-state index is 0.163. The van der Waals surface area contributed by atoms with Crippen molar-refractivity contribution < 1.29 is 18.9 Å². The van der Waals surface area contributed by atoms with Gasteiger partial charge in [0.2, 0.25) is 6.79 Å². The number of rotatable bonds is 0.